The van der Waals surface area contributed by atoms with Crippen molar-refractivity contribution in [3.8, 4) is 34.4 Å². The highest BCUT2D eigenvalue weighted by molar-refractivity contribution is 9.11. The standard InChI is InChI=1S/C17H12Br2N2O4.C17H13BrN2O4/c1-9(22)24-11-3-5-15-13(7-11)17(19)21(20-15)16-6-4-12(8-14(16)18)25-10(2)23;1-10(21)23-13-3-5-16-12(7-13)9-20(19-16)17-6-4-14(8-15(17)18)24-11(2)22/h3-8H,1-2H3;3-9H,1-2H3. The van der Waals surface area contributed by atoms with Crippen LogP contribution in [0.25, 0.3) is 33.2 Å². The van der Waals surface area contributed by atoms with Crippen LogP contribution in [0, 0.1) is 0 Å². The number of esters is 4. The quantitative estimate of drug-likeness (QED) is 0.119. The first-order valence-electron chi connectivity index (χ1n) is 14.3. The van der Waals surface area contributed by atoms with E-state index in [1.165, 1.54) is 27.7 Å². The molecule has 12 nitrogen and oxygen atoms in total. The lowest BCUT2D eigenvalue weighted by Gasteiger charge is -2.08. The highest BCUT2D eigenvalue weighted by atomic mass is 79.9. The van der Waals surface area contributed by atoms with Crippen molar-refractivity contribution < 1.29 is 38.1 Å². The van der Waals surface area contributed by atoms with Gasteiger partial charge in [-0.1, -0.05) is 0 Å². The number of aromatic nitrogens is 4. The Bertz CT molecular complexity index is 2260. The molecule has 0 fully saturated rings. The Hall–Kier alpha value is -4.86. The number of halogens is 3. The smallest absolute Gasteiger partial charge is 0.308 e. The molecule has 4 aromatic carbocycles. The van der Waals surface area contributed by atoms with E-state index in [1.807, 2.05) is 6.20 Å². The fourth-order valence-electron chi connectivity index (χ4n) is 4.57. The van der Waals surface area contributed by atoms with E-state index in [2.05, 4.69) is 58.0 Å². The predicted octanol–water partition coefficient (Wildman–Crippen LogP) is 8.04. The maximum atomic E-state index is 11.1. The Kier molecular flexibility index (Phi) is 11.0. The van der Waals surface area contributed by atoms with Gasteiger partial charge in [0.25, 0.3) is 0 Å². The molecule has 6 rings (SSSR count). The number of carbonyl (C=O) groups is 4. The van der Waals surface area contributed by atoms with Crippen molar-refractivity contribution >= 4 is 93.5 Å². The molecule has 2 heterocycles. The van der Waals surface area contributed by atoms with Crippen LogP contribution in [0.3, 0.4) is 0 Å². The van der Waals surface area contributed by atoms with Gasteiger partial charge < -0.3 is 18.9 Å². The molecule has 49 heavy (non-hydrogen) atoms. The summed E-state index contributed by atoms with van der Waals surface area (Å²) in [5, 5.41) is 10.7. The first-order chi connectivity index (χ1) is 23.3. The Balaban J connectivity index is 0.000000191. The summed E-state index contributed by atoms with van der Waals surface area (Å²) in [7, 11) is 0. The fourth-order valence-corrected chi connectivity index (χ4v) is 6.22. The molecule has 0 N–H and O–H groups in total. The van der Waals surface area contributed by atoms with Gasteiger partial charge in [0.2, 0.25) is 0 Å². The third-order valence-corrected chi connectivity index (χ3v) is 8.45. The van der Waals surface area contributed by atoms with E-state index in [1.54, 1.807) is 82.2 Å². The molecular weight excluding hydrogens is 832 g/mol. The zero-order valence-corrected chi connectivity index (χ0v) is 31.0. The Morgan fingerprint density at radius 3 is 1.51 bits per heavy atom. The summed E-state index contributed by atoms with van der Waals surface area (Å²) in [5.41, 5.74) is 3.05. The Morgan fingerprint density at radius 2 is 1.00 bits per heavy atom. The number of fused-ring (bicyclic) bond motifs is 2. The molecule has 0 unspecified atom stereocenters. The second-order valence-corrected chi connectivity index (χ2v) is 12.7. The minimum absolute atomic E-state index is 0.370. The summed E-state index contributed by atoms with van der Waals surface area (Å²) in [6, 6.07) is 20.8. The van der Waals surface area contributed by atoms with Gasteiger partial charge in [-0.05, 0) is 121 Å². The minimum atomic E-state index is -0.386. The molecule has 0 spiro atoms. The van der Waals surface area contributed by atoms with Gasteiger partial charge in [0, 0.05) is 53.6 Å². The average Bonchev–Trinajstić information content (AvgIpc) is 3.57. The Morgan fingerprint density at radius 1 is 0.551 bits per heavy atom. The van der Waals surface area contributed by atoms with Gasteiger partial charge in [-0.15, -0.1) is 0 Å². The van der Waals surface area contributed by atoms with Crippen molar-refractivity contribution in [3.63, 3.8) is 0 Å². The van der Waals surface area contributed by atoms with Crippen LogP contribution in [0.15, 0.2) is 92.5 Å². The lowest BCUT2D eigenvalue weighted by atomic mass is 10.2. The molecular formula is C34H25Br3N4O8. The molecule has 2 aromatic heterocycles. The normalized spacial score (nSPS) is 10.7. The summed E-state index contributed by atoms with van der Waals surface area (Å²) < 4.78 is 25.9. The number of carbonyl (C=O) groups excluding carboxylic acids is 4. The maximum absolute atomic E-state index is 11.1. The van der Waals surface area contributed by atoms with Crippen LogP contribution in [0.2, 0.25) is 0 Å². The second-order valence-electron chi connectivity index (χ2n) is 10.3. The highest BCUT2D eigenvalue weighted by Gasteiger charge is 2.15. The van der Waals surface area contributed by atoms with E-state index in [-0.39, 0.29) is 23.9 Å². The van der Waals surface area contributed by atoms with Crippen molar-refractivity contribution in [2.75, 3.05) is 0 Å². The SMILES string of the molecule is CC(=O)Oc1ccc(-n2cc3cc(OC(C)=O)ccc3n2)c(Br)c1.CC(=O)Oc1ccc(-n2nc3ccc(OC(C)=O)cc3c2Br)c(Br)c1. The number of nitrogens with zero attached hydrogens (tertiary/aromatic N) is 4. The van der Waals surface area contributed by atoms with Gasteiger partial charge >= 0.3 is 23.9 Å². The van der Waals surface area contributed by atoms with Gasteiger partial charge in [-0.25, -0.2) is 9.36 Å². The monoisotopic (exact) mass is 854 g/mol. The number of hydrogen-bond acceptors (Lipinski definition) is 10. The molecule has 6 aromatic rings. The number of ether oxygens (including phenoxy) is 4. The Labute approximate surface area is 304 Å². The molecule has 0 aliphatic carbocycles. The zero-order chi connectivity index (χ0) is 35.4. The van der Waals surface area contributed by atoms with E-state index < -0.39 is 0 Å². The van der Waals surface area contributed by atoms with Crippen LogP contribution >= 0.6 is 47.8 Å². The lowest BCUT2D eigenvalue weighted by molar-refractivity contribution is -0.132. The van der Waals surface area contributed by atoms with Crippen molar-refractivity contribution in [2.24, 2.45) is 0 Å². The van der Waals surface area contributed by atoms with Crippen molar-refractivity contribution in [1.82, 2.24) is 19.6 Å². The summed E-state index contributed by atoms with van der Waals surface area (Å²) in [5.74, 6) is 0.293. The molecule has 0 saturated heterocycles. The molecule has 0 aliphatic heterocycles. The number of hydrogen-bond donors (Lipinski definition) is 0. The summed E-state index contributed by atoms with van der Waals surface area (Å²) in [6.45, 7) is 5.40. The molecule has 0 saturated carbocycles. The molecule has 0 radical (unpaired) electrons. The van der Waals surface area contributed by atoms with Crippen molar-refractivity contribution in [1.29, 1.82) is 0 Å². The molecule has 0 aliphatic rings. The maximum Gasteiger partial charge on any atom is 0.308 e. The second kappa shape index (κ2) is 15.1. The lowest BCUT2D eigenvalue weighted by Crippen LogP contribution is -2.03. The van der Waals surface area contributed by atoms with E-state index >= 15 is 0 Å². The third kappa shape index (κ3) is 8.79. The van der Waals surface area contributed by atoms with Crippen LogP contribution in [0.1, 0.15) is 27.7 Å². The topological polar surface area (TPSA) is 141 Å². The van der Waals surface area contributed by atoms with E-state index in [4.69, 9.17) is 18.9 Å². The van der Waals surface area contributed by atoms with Crippen LogP contribution in [0.5, 0.6) is 23.0 Å². The molecule has 0 bridgehead atoms. The van der Waals surface area contributed by atoms with Gasteiger partial charge in [0.15, 0.2) is 0 Å². The van der Waals surface area contributed by atoms with E-state index in [0.717, 1.165) is 37.7 Å². The van der Waals surface area contributed by atoms with Crippen molar-refractivity contribution in [3.05, 3.63) is 92.5 Å². The summed E-state index contributed by atoms with van der Waals surface area (Å²) >= 11 is 10.5. The van der Waals surface area contributed by atoms with E-state index in [9.17, 15) is 19.2 Å². The predicted molar refractivity (Wildman–Crippen MR) is 190 cm³/mol. The van der Waals surface area contributed by atoms with Crippen LogP contribution in [-0.2, 0) is 19.2 Å². The van der Waals surface area contributed by atoms with E-state index in [0.29, 0.717) is 32.1 Å². The van der Waals surface area contributed by atoms with Gasteiger partial charge in [-0.3, -0.25) is 19.2 Å². The molecule has 15 heteroatoms. The average molecular weight is 857 g/mol. The van der Waals surface area contributed by atoms with Gasteiger partial charge in [-0.2, -0.15) is 10.2 Å². The summed E-state index contributed by atoms with van der Waals surface area (Å²) in [4.78, 5) is 44.2. The first-order valence-corrected chi connectivity index (χ1v) is 16.7. The first kappa shape index (κ1) is 35.4. The number of benzene rings is 4. The molecule has 0 amide bonds. The largest absolute Gasteiger partial charge is 0.427 e. The van der Waals surface area contributed by atoms with Crippen molar-refractivity contribution in [2.45, 2.75) is 27.7 Å². The highest BCUT2D eigenvalue weighted by Crippen LogP contribution is 2.34. The van der Waals surface area contributed by atoms with Crippen LogP contribution in [-0.4, -0.2) is 43.4 Å². The zero-order valence-electron chi connectivity index (χ0n) is 26.2. The summed E-state index contributed by atoms with van der Waals surface area (Å²) in [6.07, 6.45) is 1.83. The number of rotatable bonds is 6. The molecule has 0 atom stereocenters. The molecule has 250 valence electrons. The third-order valence-electron chi connectivity index (χ3n) is 6.42. The van der Waals surface area contributed by atoms with Gasteiger partial charge in [0.05, 0.1) is 22.4 Å². The van der Waals surface area contributed by atoms with Crippen LogP contribution < -0.4 is 18.9 Å². The minimum Gasteiger partial charge on any atom is -0.427 e. The van der Waals surface area contributed by atoms with Gasteiger partial charge in [0.1, 0.15) is 27.6 Å². The van der Waals surface area contributed by atoms with Crippen LogP contribution in [0.4, 0.5) is 0 Å². The fraction of sp³-hybridized carbons (Fsp3) is 0.118.